The third-order valence-electron chi connectivity index (χ3n) is 3.07. The lowest BCUT2D eigenvalue weighted by atomic mass is 10.2. The van der Waals surface area contributed by atoms with E-state index in [1.165, 1.54) is 6.26 Å². The van der Waals surface area contributed by atoms with Gasteiger partial charge in [0.2, 0.25) is 0 Å². The predicted molar refractivity (Wildman–Crippen MR) is 85.5 cm³/mol. The molecule has 1 heterocycles. The number of halogens is 2. The number of sulfone groups is 1. The van der Waals surface area contributed by atoms with Crippen molar-refractivity contribution in [2.75, 3.05) is 24.3 Å². The molecule has 1 saturated heterocycles. The molecule has 1 aromatic rings. The van der Waals surface area contributed by atoms with Crippen LogP contribution in [0.25, 0.3) is 0 Å². The summed E-state index contributed by atoms with van der Waals surface area (Å²) in [7, 11) is -3.06. The first-order valence-corrected chi connectivity index (χ1v) is 10.1. The molecule has 0 bridgehead atoms. The molecular weight excluding hydrogens is 370 g/mol. The molecule has 0 radical (unpaired) electrons. The van der Waals surface area contributed by atoms with Crippen molar-refractivity contribution in [3.05, 3.63) is 33.3 Å². The number of benzene rings is 1. The SMILES string of the molecule is CS(=O)(=O)C1CSCCN1Cc1ccc(Br)cc1Cl. The normalized spacial score (nSPS) is 21.5. The van der Waals surface area contributed by atoms with Gasteiger partial charge in [-0.15, -0.1) is 0 Å². The van der Waals surface area contributed by atoms with Crippen LogP contribution in [0.2, 0.25) is 5.02 Å². The molecule has 1 fully saturated rings. The van der Waals surface area contributed by atoms with E-state index >= 15 is 0 Å². The Balaban J connectivity index is 2.20. The quantitative estimate of drug-likeness (QED) is 0.803. The average molecular weight is 385 g/mol. The largest absolute Gasteiger partial charge is 0.281 e. The summed E-state index contributed by atoms with van der Waals surface area (Å²) < 4.78 is 24.6. The predicted octanol–water partition coefficient (Wildman–Crippen LogP) is 3.02. The van der Waals surface area contributed by atoms with E-state index in [2.05, 4.69) is 15.9 Å². The maximum absolute atomic E-state index is 11.8. The fourth-order valence-corrected chi connectivity index (χ4v) is 5.73. The van der Waals surface area contributed by atoms with Crippen molar-refractivity contribution in [1.29, 1.82) is 0 Å². The van der Waals surface area contributed by atoms with Gasteiger partial charge in [-0.1, -0.05) is 33.6 Å². The van der Waals surface area contributed by atoms with Gasteiger partial charge in [-0.2, -0.15) is 11.8 Å². The second kappa shape index (κ2) is 6.35. The second-order valence-corrected chi connectivity index (χ2v) is 9.24. The Bertz CT molecular complexity index is 565. The van der Waals surface area contributed by atoms with Crippen molar-refractivity contribution in [3.8, 4) is 0 Å². The van der Waals surface area contributed by atoms with E-state index in [-0.39, 0.29) is 0 Å². The summed E-state index contributed by atoms with van der Waals surface area (Å²) in [4.78, 5) is 2.00. The summed E-state index contributed by atoms with van der Waals surface area (Å²) in [6, 6.07) is 5.70. The first kappa shape index (κ1) is 15.6. The van der Waals surface area contributed by atoms with Crippen molar-refractivity contribution in [2.45, 2.75) is 11.9 Å². The van der Waals surface area contributed by atoms with Crippen LogP contribution in [0.3, 0.4) is 0 Å². The molecule has 0 amide bonds. The van der Waals surface area contributed by atoms with Crippen LogP contribution in [0.4, 0.5) is 0 Å². The zero-order valence-corrected chi connectivity index (χ0v) is 14.4. The Hall–Kier alpha value is 0.250. The van der Waals surface area contributed by atoms with Crippen LogP contribution in [0.1, 0.15) is 5.56 Å². The molecule has 0 N–H and O–H groups in total. The highest BCUT2D eigenvalue weighted by molar-refractivity contribution is 9.10. The Morgan fingerprint density at radius 3 is 2.89 bits per heavy atom. The van der Waals surface area contributed by atoms with Gasteiger partial charge in [-0.3, -0.25) is 4.90 Å². The number of hydrogen-bond acceptors (Lipinski definition) is 4. The molecule has 0 saturated carbocycles. The summed E-state index contributed by atoms with van der Waals surface area (Å²) in [5.74, 6) is 1.59. The van der Waals surface area contributed by atoms with E-state index < -0.39 is 15.2 Å². The molecule has 1 unspecified atom stereocenters. The van der Waals surface area contributed by atoms with Gasteiger partial charge >= 0.3 is 0 Å². The van der Waals surface area contributed by atoms with Crippen LogP contribution in [0, 0.1) is 0 Å². The highest BCUT2D eigenvalue weighted by atomic mass is 79.9. The highest BCUT2D eigenvalue weighted by Gasteiger charge is 2.31. The number of nitrogens with zero attached hydrogens (tertiary/aromatic N) is 1. The second-order valence-electron chi connectivity index (χ2n) is 4.57. The summed E-state index contributed by atoms with van der Waals surface area (Å²) in [6.45, 7) is 1.35. The molecule has 19 heavy (non-hydrogen) atoms. The summed E-state index contributed by atoms with van der Waals surface area (Å²) in [6.07, 6.45) is 1.31. The van der Waals surface area contributed by atoms with Gasteiger partial charge in [0.1, 0.15) is 5.37 Å². The molecule has 0 aliphatic carbocycles. The molecule has 106 valence electrons. The minimum absolute atomic E-state index is 0.411. The van der Waals surface area contributed by atoms with Gasteiger partial charge in [0.15, 0.2) is 9.84 Å². The molecule has 3 nitrogen and oxygen atoms in total. The Morgan fingerprint density at radius 1 is 1.53 bits per heavy atom. The van der Waals surface area contributed by atoms with Gasteiger partial charge < -0.3 is 0 Å². The maximum atomic E-state index is 11.8. The minimum Gasteiger partial charge on any atom is -0.281 e. The smallest absolute Gasteiger partial charge is 0.164 e. The van der Waals surface area contributed by atoms with Crippen molar-refractivity contribution in [3.63, 3.8) is 0 Å². The topological polar surface area (TPSA) is 37.4 Å². The number of rotatable bonds is 3. The first-order valence-electron chi connectivity index (χ1n) is 5.82. The van der Waals surface area contributed by atoms with Crippen LogP contribution >= 0.6 is 39.3 Å². The van der Waals surface area contributed by atoms with Crippen LogP contribution in [-0.2, 0) is 16.4 Å². The molecule has 1 atom stereocenters. The lowest BCUT2D eigenvalue weighted by Crippen LogP contribution is -2.46. The average Bonchev–Trinajstić information content (AvgIpc) is 2.32. The van der Waals surface area contributed by atoms with E-state index in [1.54, 1.807) is 11.8 Å². The lowest BCUT2D eigenvalue weighted by Gasteiger charge is -2.34. The zero-order chi connectivity index (χ0) is 14.0. The molecule has 2 rings (SSSR count). The van der Waals surface area contributed by atoms with Gasteiger partial charge in [0.25, 0.3) is 0 Å². The lowest BCUT2D eigenvalue weighted by molar-refractivity contribution is 0.262. The van der Waals surface area contributed by atoms with Gasteiger partial charge in [-0.25, -0.2) is 8.42 Å². The van der Waals surface area contributed by atoms with Gasteiger partial charge in [0, 0.05) is 40.3 Å². The standard InChI is InChI=1S/C12H15BrClNO2S2/c1-19(16,17)12-8-18-5-4-15(12)7-9-2-3-10(13)6-11(9)14/h2-3,6,12H,4-5,7-8H2,1H3. The monoisotopic (exact) mass is 383 g/mol. The Morgan fingerprint density at radius 2 is 2.26 bits per heavy atom. The van der Waals surface area contributed by atoms with Crippen LogP contribution in [0.15, 0.2) is 22.7 Å². The van der Waals surface area contributed by atoms with E-state index in [9.17, 15) is 8.42 Å². The highest BCUT2D eigenvalue weighted by Crippen LogP contribution is 2.26. The van der Waals surface area contributed by atoms with E-state index in [1.807, 2.05) is 23.1 Å². The van der Waals surface area contributed by atoms with Gasteiger partial charge in [0.05, 0.1) is 0 Å². The molecule has 0 spiro atoms. The van der Waals surface area contributed by atoms with Gasteiger partial charge in [-0.05, 0) is 17.7 Å². The molecule has 1 aromatic carbocycles. The molecule has 1 aliphatic rings. The minimum atomic E-state index is -3.06. The summed E-state index contributed by atoms with van der Waals surface area (Å²) >= 11 is 11.3. The fraction of sp³-hybridized carbons (Fsp3) is 0.500. The molecule has 7 heteroatoms. The Kier molecular flexibility index (Phi) is 5.22. The van der Waals surface area contributed by atoms with E-state index in [0.717, 1.165) is 22.3 Å². The maximum Gasteiger partial charge on any atom is 0.164 e. The third-order valence-corrected chi connectivity index (χ3v) is 6.61. The summed E-state index contributed by atoms with van der Waals surface area (Å²) in [5.41, 5.74) is 0.963. The van der Waals surface area contributed by atoms with Crippen molar-refractivity contribution < 1.29 is 8.42 Å². The first-order chi connectivity index (χ1) is 8.88. The van der Waals surface area contributed by atoms with Crippen LogP contribution in [-0.4, -0.2) is 43.0 Å². The van der Waals surface area contributed by atoms with Crippen molar-refractivity contribution in [2.24, 2.45) is 0 Å². The molecular formula is C12H15BrClNO2S2. The van der Waals surface area contributed by atoms with Crippen LogP contribution in [0.5, 0.6) is 0 Å². The van der Waals surface area contributed by atoms with E-state index in [4.69, 9.17) is 11.6 Å². The van der Waals surface area contributed by atoms with E-state index in [0.29, 0.717) is 17.3 Å². The third kappa shape index (κ3) is 4.11. The number of hydrogen-bond donors (Lipinski definition) is 0. The van der Waals surface area contributed by atoms with Crippen molar-refractivity contribution >= 4 is 49.1 Å². The molecule has 1 aliphatic heterocycles. The summed E-state index contributed by atoms with van der Waals surface area (Å²) in [5, 5.41) is 0.255. The van der Waals surface area contributed by atoms with Crippen molar-refractivity contribution in [1.82, 2.24) is 4.90 Å². The van der Waals surface area contributed by atoms with Crippen LogP contribution < -0.4 is 0 Å². The molecule has 0 aromatic heterocycles. The Labute approximate surface area is 131 Å². The zero-order valence-electron chi connectivity index (χ0n) is 10.5. The number of thioether (sulfide) groups is 1. The fourth-order valence-electron chi connectivity index (χ4n) is 2.06.